The van der Waals surface area contributed by atoms with Crippen LogP contribution in [0.2, 0.25) is 5.02 Å². The molecular formula is C22H21ClF4N2O4. The molecule has 1 heterocycles. The zero-order valence-electron chi connectivity index (χ0n) is 17.4. The van der Waals surface area contributed by atoms with Crippen LogP contribution in [0.25, 0.3) is 0 Å². The molecule has 0 unspecified atom stereocenters. The van der Waals surface area contributed by atoms with Gasteiger partial charge in [0.15, 0.2) is 6.61 Å². The first-order valence-electron chi connectivity index (χ1n) is 10.3. The molecule has 1 aromatic heterocycles. The van der Waals surface area contributed by atoms with Crippen LogP contribution in [0.3, 0.4) is 0 Å². The summed E-state index contributed by atoms with van der Waals surface area (Å²) in [4.78, 5) is 16.5. The maximum atomic E-state index is 13.4. The summed E-state index contributed by atoms with van der Waals surface area (Å²) >= 11 is 5.62. The predicted octanol–water partition coefficient (Wildman–Crippen LogP) is 4.55. The van der Waals surface area contributed by atoms with Gasteiger partial charge in [0.25, 0.3) is 5.91 Å². The number of carbonyl (C=O) groups excluding carboxylic acids is 1. The Kier molecular flexibility index (Phi) is 6.41. The molecule has 0 spiro atoms. The summed E-state index contributed by atoms with van der Waals surface area (Å²) in [6.45, 7) is -0.634. The smallest absolute Gasteiger partial charge is 0.484 e. The van der Waals surface area contributed by atoms with E-state index in [0.717, 1.165) is 30.9 Å². The van der Waals surface area contributed by atoms with E-state index >= 15 is 0 Å². The summed E-state index contributed by atoms with van der Waals surface area (Å²) in [5, 5.41) is 2.97. The van der Waals surface area contributed by atoms with Crippen molar-refractivity contribution < 1.29 is 36.6 Å². The third kappa shape index (κ3) is 5.50. The summed E-state index contributed by atoms with van der Waals surface area (Å²) in [7, 11) is 0. The Bertz CT molecular complexity index is 997. The van der Waals surface area contributed by atoms with E-state index in [1.165, 1.54) is 12.1 Å². The minimum absolute atomic E-state index is 0.0180. The molecule has 33 heavy (non-hydrogen) atoms. The number of halogens is 5. The van der Waals surface area contributed by atoms with Crippen LogP contribution in [0.1, 0.15) is 31.2 Å². The highest BCUT2D eigenvalue weighted by atomic mass is 35.5. The summed E-state index contributed by atoms with van der Waals surface area (Å²) in [5.74, 6) is -0.343. The molecule has 1 aromatic carbocycles. The number of hydrogen-bond acceptors (Lipinski definition) is 5. The molecule has 2 aromatic rings. The number of pyridine rings is 1. The SMILES string of the molecule is O=C(COc1ccc(Cl)c(F)c1)NC12CC(c3ccc(OCCCOC(F)(F)F)nc3)(C1)C2. The molecule has 6 nitrogen and oxygen atoms in total. The van der Waals surface area contributed by atoms with Crippen LogP contribution >= 0.6 is 11.6 Å². The number of alkyl halides is 3. The number of benzene rings is 1. The van der Waals surface area contributed by atoms with Crippen LogP contribution in [-0.4, -0.2) is 42.6 Å². The van der Waals surface area contributed by atoms with E-state index in [-0.39, 0.29) is 47.3 Å². The molecule has 0 saturated heterocycles. The van der Waals surface area contributed by atoms with Crippen molar-refractivity contribution in [2.75, 3.05) is 19.8 Å². The van der Waals surface area contributed by atoms with Crippen molar-refractivity contribution in [1.29, 1.82) is 0 Å². The van der Waals surface area contributed by atoms with Gasteiger partial charge in [0.05, 0.1) is 18.2 Å². The first-order valence-corrected chi connectivity index (χ1v) is 10.6. The second-order valence-corrected chi connectivity index (χ2v) is 8.79. The van der Waals surface area contributed by atoms with Gasteiger partial charge in [0.2, 0.25) is 5.88 Å². The lowest BCUT2D eigenvalue weighted by Gasteiger charge is -2.70. The molecule has 0 aliphatic heterocycles. The predicted molar refractivity (Wildman–Crippen MR) is 110 cm³/mol. The topological polar surface area (TPSA) is 69.7 Å². The number of aromatic nitrogens is 1. The number of rotatable bonds is 10. The van der Waals surface area contributed by atoms with Gasteiger partial charge in [-0.15, -0.1) is 13.2 Å². The second-order valence-electron chi connectivity index (χ2n) is 8.39. The third-order valence-corrected chi connectivity index (χ3v) is 6.16. The number of amides is 1. The van der Waals surface area contributed by atoms with E-state index < -0.39 is 18.8 Å². The van der Waals surface area contributed by atoms with E-state index in [1.54, 1.807) is 12.3 Å². The number of carbonyl (C=O) groups is 1. The van der Waals surface area contributed by atoms with E-state index in [4.69, 9.17) is 21.1 Å². The summed E-state index contributed by atoms with van der Waals surface area (Å²) < 4.78 is 63.5. The van der Waals surface area contributed by atoms with Crippen molar-refractivity contribution in [3.05, 3.63) is 52.9 Å². The average molecular weight is 489 g/mol. The molecular weight excluding hydrogens is 468 g/mol. The Morgan fingerprint density at radius 2 is 1.88 bits per heavy atom. The summed E-state index contributed by atoms with van der Waals surface area (Å²) in [6, 6.07) is 7.55. The number of nitrogens with one attached hydrogen (secondary N) is 1. The lowest BCUT2D eigenvalue weighted by molar-refractivity contribution is -0.324. The van der Waals surface area contributed by atoms with Gasteiger partial charge in [0.1, 0.15) is 11.6 Å². The van der Waals surface area contributed by atoms with Gasteiger partial charge in [-0.05, 0) is 37.0 Å². The Morgan fingerprint density at radius 3 is 2.52 bits per heavy atom. The van der Waals surface area contributed by atoms with Gasteiger partial charge in [-0.3, -0.25) is 9.53 Å². The Hall–Kier alpha value is -2.59. The van der Waals surface area contributed by atoms with Crippen molar-refractivity contribution in [3.8, 4) is 11.6 Å². The lowest BCUT2D eigenvalue weighted by atomic mass is 9.37. The van der Waals surface area contributed by atoms with Gasteiger partial charge in [-0.1, -0.05) is 17.7 Å². The van der Waals surface area contributed by atoms with Crippen LogP contribution in [0.5, 0.6) is 11.6 Å². The molecule has 0 radical (unpaired) electrons. The standard InChI is InChI=1S/C22H21ClF4N2O4/c23-16-4-3-15(8-17(16)24)32-10-18(30)29-21-11-20(12-21,13-21)14-2-5-19(28-9-14)31-6-1-7-33-22(25,26)27/h2-5,8-9H,1,6-7,10-13H2,(H,29,30). The Balaban J connectivity index is 1.18. The molecule has 11 heteroatoms. The zero-order chi connectivity index (χ0) is 23.7. The van der Waals surface area contributed by atoms with Crippen LogP contribution < -0.4 is 14.8 Å². The minimum atomic E-state index is -4.64. The number of hydrogen-bond donors (Lipinski definition) is 1. The van der Waals surface area contributed by atoms with Crippen molar-refractivity contribution in [2.45, 2.75) is 43.0 Å². The Labute approximate surface area is 192 Å². The maximum Gasteiger partial charge on any atom is 0.522 e. The third-order valence-electron chi connectivity index (χ3n) is 5.85. The van der Waals surface area contributed by atoms with E-state index in [9.17, 15) is 22.4 Å². The Morgan fingerprint density at radius 1 is 1.12 bits per heavy atom. The highest BCUT2D eigenvalue weighted by Crippen LogP contribution is 2.67. The summed E-state index contributed by atoms with van der Waals surface area (Å²) in [6.07, 6.45) is -0.521. The minimum Gasteiger partial charge on any atom is -0.484 e. The van der Waals surface area contributed by atoms with Gasteiger partial charge in [-0.25, -0.2) is 9.37 Å². The molecule has 3 aliphatic carbocycles. The molecule has 3 fully saturated rings. The molecule has 3 aliphatic rings. The quantitative estimate of drug-likeness (QED) is 0.392. The highest BCUT2D eigenvalue weighted by Gasteiger charge is 2.69. The summed E-state index contributed by atoms with van der Waals surface area (Å²) in [5.41, 5.74) is 0.720. The fraction of sp³-hybridized carbons (Fsp3) is 0.455. The first kappa shape index (κ1) is 23.6. The molecule has 1 N–H and O–H groups in total. The maximum absolute atomic E-state index is 13.4. The second kappa shape index (κ2) is 8.98. The zero-order valence-corrected chi connectivity index (χ0v) is 18.1. The highest BCUT2D eigenvalue weighted by molar-refractivity contribution is 6.30. The largest absolute Gasteiger partial charge is 0.522 e. The van der Waals surface area contributed by atoms with Gasteiger partial charge in [-0.2, -0.15) is 0 Å². The fourth-order valence-electron chi connectivity index (χ4n) is 4.48. The average Bonchev–Trinajstić information content (AvgIpc) is 2.70. The van der Waals surface area contributed by atoms with E-state index in [2.05, 4.69) is 15.0 Å². The fourth-order valence-corrected chi connectivity index (χ4v) is 4.59. The number of nitrogens with zero attached hydrogens (tertiary/aromatic N) is 1. The molecule has 178 valence electrons. The first-order chi connectivity index (χ1) is 15.6. The van der Waals surface area contributed by atoms with Crippen molar-refractivity contribution >= 4 is 17.5 Å². The molecule has 3 saturated carbocycles. The van der Waals surface area contributed by atoms with E-state index in [0.29, 0.717) is 5.88 Å². The van der Waals surface area contributed by atoms with Crippen LogP contribution in [-0.2, 0) is 14.9 Å². The van der Waals surface area contributed by atoms with Gasteiger partial charge < -0.3 is 14.8 Å². The van der Waals surface area contributed by atoms with Crippen LogP contribution in [0.15, 0.2) is 36.5 Å². The molecule has 0 atom stereocenters. The molecule has 1 amide bonds. The van der Waals surface area contributed by atoms with Gasteiger partial charge >= 0.3 is 6.36 Å². The monoisotopic (exact) mass is 488 g/mol. The normalized spacial score (nSPS) is 23.3. The van der Waals surface area contributed by atoms with Crippen LogP contribution in [0.4, 0.5) is 17.6 Å². The number of ether oxygens (including phenoxy) is 3. The van der Waals surface area contributed by atoms with Crippen molar-refractivity contribution in [1.82, 2.24) is 10.3 Å². The molecule has 5 rings (SSSR count). The molecule has 2 bridgehead atoms. The van der Waals surface area contributed by atoms with Crippen molar-refractivity contribution in [2.24, 2.45) is 0 Å². The van der Waals surface area contributed by atoms with E-state index in [1.807, 2.05) is 6.07 Å². The van der Waals surface area contributed by atoms with Gasteiger partial charge in [0, 0.05) is 35.7 Å². The lowest BCUT2D eigenvalue weighted by Crippen LogP contribution is -2.77. The van der Waals surface area contributed by atoms with Crippen molar-refractivity contribution in [3.63, 3.8) is 0 Å². The van der Waals surface area contributed by atoms with Crippen LogP contribution in [0, 0.1) is 5.82 Å².